The lowest BCUT2D eigenvalue weighted by Crippen LogP contribution is -2.05. The minimum atomic E-state index is 0.0112. The number of halogens is 2. The molecule has 20 heavy (non-hydrogen) atoms. The second-order valence-corrected chi connectivity index (χ2v) is 5.93. The van der Waals surface area contributed by atoms with Crippen LogP contribution in [-0.4, -0.2) is 12.9 Å². The highest BCUT2D eigenvalue weighted by molar-refractivity contribution is 9.10. The predicted molar refractivity (Wildman–Crippen MR) is 84.9 cm³/mol. The number of methoxy groups -OCH3 is 1. The average molecular weight is 354 g/mol. The fourth-order valence-corrected chi connectivity index (χ4v) is 2.90. The summed E-state index contributed by atoms with van der Waals surface area (Å²) in [5.74, 6) is 0.738. The largest absolute Gasteiger partial charge is 0.496 e. The van der Waals surface area contributed by atoms with Gasteiger partial charge in [0.2, 0.25) is 0 Å². The molecule has 104 valence electrons. The number of benzene rings is 2. The quantitative estimate of drug-likeness (QED) is 0.735. The minimum Gasteiger partial charge on any atom is -0.496 e. The maximum atomic E-state index is 12.4. The standard InChI is InChI=1S/C16H14BrClO2/c1-10-3-4-16(20-2)12(5-10)8-15(19)11-6-13(17)9-14(18)7-11/h3-7,9H,8H2,1-2H3. The van der Waals surface area contributed by atoms with E-state index in [1.54, 1.807) is 25.3 Å². The van der Waals surface area contributed by atoms with Gasteiger partial charge in [-0.1, -0.05) is 45.2 Å². The third-order valence-electron chi connectivity index (χ3n) is 2.97. The van der Waals surface area contributed by atoms with Gasteiger partial charge in [-0.15, -0.1) is 0 Å². The zero-order valence-corrected chi connectivity index (χ0v) is 13.6. The van der Waals surface area contributed by atoms with Crippen molar-refractivity contribution in [1.29, 1.82) is 0 Å². The molecule has 0 N–H and O–H groups in total. The van der Waals surface area contributed by atoms with Gasteiger partial charge in [0.05, 0.1) is 7.11 Å². The Labute approximate surface area is 131 Å². The fourth-order valence-electron chi connectivity index (χ4n) is 2.04. The molecule has 0 saturated heterocycles. The molecule has 0 aliphatic heterocycles. The summed E-state index contributed by atoms with van der Waals surface area (Å²) in [7, 11) is 1.61. The van der Waals surface area contributed by atoms with Crippen molar-refractivity contribution in [2.75, 3.05) is 7.11 Å². The molecular weight excluding hydrogens is 340 g/mol. The van der Waals surface area contributed by atoms with Crippen molar-refractivity contribution < 1.29 is 9.53 Å². The first-order chi connectivity index (χ1) is 9.49. The average Bonchev–Trinajstić information content (AvgIpc) is 2.37. The van der Waals surface area contributed by atoms with Crippen molar-refractivity contribution in [2.45, 2.75) is 13.3 Å². The molecule has 0 amide bonds. The van der Waals surface area contributed by atoms with Crippen LogP contribution in [0.15, 0.2) is 40.9 Å². The third-order valence-corrected chi connectivity index (χ3v) is 3.65. The summed E-state index contributed by atoms with van der Waals surface area (Å²) in [6, 6.07) is 11.0. The van der Waals surface area contributed by atoms with Crippen molar-refractivity contribution in [3.63, 3.8) is 0 Å². The van der Waals surface area contributed by atoms with Crippen LogP contribution in [0.4, 0.5) is 0 Å². The Morgan fingerprint density at radius 2 is 2.00 bits per heavy atom. The Balaban J connectivity index is 2.29. The van der Waals surface area contributed by atoms with E-state index in [0.717, 1.165) is 21.3 Å². The smallest absolute Gasteiger partial charge is 0.167 e. The summed E-state index contributed by atoms with van der Waals surface area (Å²) >= 11 is 9.32. The van der Waals surface area contributed by atoms with Crippen LogP contribution in [0.3, 0.4) is 0 Å². The van der Waals surface area contributed by atoms with Gasteiger partial charge in [0, 0.05) is 27.0 Å². The van der Waals surface area contributed by atoms with E-state index in [2.05, 4.69) is 15.9 Å². The van der Waals surface area contributed by atoms with Crippen LogP contribution < -0.4 is 4.74 Å². The molecule has 0 bridgehead atoms. The topological polar surface area (TPSA) is 26.3 Å². The normalized spacial score (nSPS) is 10.4. The van der Waals surface area contributed by atoms with Crippen LogP contribution in [0.5, 0.6) is 5.75 Å². The van der Waals surface area contributed by atoms with E-state index in [1.807, 2.05) is 25.1 Å². The molecule has 0 heterocycles. The molecule has 0 radical (unpaired) electrons. The Bertz CT molecular complexity index is 633. The van der Waals surface area contributed by atoms with E-state index in [4.69, 9.17) is 16.3 Å². The van der Waals surface area contributed by atoms with Crippen LogP contribution in [-0.2, 0) is 6.42 Å². The molecular formula is C16H14BrClO2. The molecule has 2 aromatic carbocycles. The second-order valence-electron chi connectivity index (χ2n) is 4.57. The summed E-state index contributed by atoms with van der Waals surface area (Å²) in [4.78, 5) is 12.4. The van der Waals surface area contributed by atoms with E-state index in [1.165, 1.54) is 0 Å². The highest BCUT2D eigenvalue weighted by Crippen LogP contribution is 2.24. The molecule has 0 atom stereocenters. The summed E-state index contributed by atoms with van der Waals surface area (Å²) in [5, 5.41) is 0.541. The molecule has 0 spiro atoms. The Morgan fingerprint density at radius 1 is 1.25 bits per heavy atom. The molecule has 0 unspecified atom stereocenters. The fraction of sp³-hybridized carbons (Fsp3) is 0.188. The maximum Gasteiger partial charge on any atom is 0.167 e. The van der Waals surface area contributed by atoms with Gasteiger partial charge < -0.3 is 4.74 Å². The Morgan fingerprint density at radius 3 is 2.65 bits per heavy atom. The van der Waals surface area contributed by atoms with Gasteiger partial charge in [0.1, 0.15) is 5.75 Å². The van der Waals surface area contributed by atoms with Crippen LogP contribution in [0, 0.1) is 6.92 Å². The van der Waals surface area contributed by atoms with Crippen molar-refractivity contribution >= 4 is 33.3 Å². The molecule has 0 saturated carbocycles. The molecule has 2 rings (SSSR count). The van der Waals surface area contributed by atoms with Crippen LogP contribution in [0.1, 0.15) is 21.5 Å². The lowest BCUT2D eigenvalue weighted by atomic mass is 10.0. The summed E-state index contributed by atoms with van der Waals surface area (Å²) in [6.45, 7) is 1.99. The molecule has 0 fully saturated rings. The lowest BCUT2D eigenvalue weighted by molar-refractivity contribution is 0.0992. The van der Waals surface area contributed by atoms with Gasteiger partial charge in [0.25, 0.3) is 0 Å². The number of carbonyl (C=O) groups is 1. The van der Waals surface area contributed by atoms with Crippen molar-refractivity contribution in [1.82, 2.24) is 0 Å². The van der Waals surface area contributed by atoms with Gasteiger partial charge in [-0.25, -0.2) is 0 Å². The van der Waals surface area contributed by atoms with E-state index in [0.29, 0.717) is 10.6 Å². The van der Waals surface area contributed by atoms with E-state index < -0.39 is 0 Å². The van der Waals surface area contributed by atoms with E-state index in [9.17, 15) is 4.79 Å². The zero-order valence-electron chi connectivity index (χ0n) is 11.2. The second kappa shape index (κ2) is 6.42. The molecule has 2 nitrogen and oxygen atoms in total. The Kier molecular flexibility index (Phi) is 4.84. The van der Waals surface area contributed by atoms with E-state index >= 15 is 0 Å². The van der Waals surface area contributed by atoms with Gasteiger partial charge in [0.15, 0.2) is 5.78 Å². The number of hydrogen-bond donors (Lipinski definition) is 0. The molecule has 0 aliphatic carbocycles. The van der Waals surface area contributed by atoms with Crippen molar-refractivity contribution in [3.8, 4) is 5.75 Å². The molecule has 4 heteroatoms. The third kappa shape index (κ3) is 3.62. The van der Waals surface area contributed by atoms with Gasteiger partial charge in [-0.3, -0.25) is 4.79 Å². The number of aryl methyl sites for hydroxylation is 1. The van der Waals surface area contributed by atoms with Crippen LogP contribution in [0.25, 0.3) is 0 Å². The van der Waals surface area contributed by atoms with Gasteiger partial charge in [-0.2, -0.15) is 0 Å². The van der Waals surface area contributed by atoms with Gasteiger partial charge in [-0.05, 0) is 31.2 Å². The number of hydrogen-bond acceptors (Lipinski definition) is 2. The highest BCUT2D eigenvalue weighted by Gasteiger charge is 2.12. The number of carbonyl (C=O) groups excluding carboxylic acids is 1. The molecule has 2 aromatic rings. The predicted octanol–water partition coefficient (Wildman–Crippen LogP) is 4.84. The first-order valence-corrected chi connectivity index (χ1v) is 7.29. The molecule has 0 aliphatic rings. The van der Waals surface area contributed by atoms with Crippen LogP contribution >= 0.6 is 27.5 Å². The van der Waals surface area contributed by atoms with Gasteiger partial charge >= 0.3 is 0 Å². The first kappa shape index (κ1) is 15.1. The number of rotatable bonds is 4. The number of ether oxygens (including phenoxy) is 1. The summed E-state index contributed by atoms with van der Waals surface area (Å²) in [5.41, 5.74) is 2.57. The van der Waals surface area contributed by atoms with Crippen molar-refractivity contribution in [2.24, 2.45) is 0 Å². The number of ketones is 1. The van der Waals surface area contributed by atoms with E-state index in [-0.39, 0.29) is 12.2 Å². The van der Waals surface area contributed by atoms with Crippen molar-refractivity contribution in [3.05, 3.63) is 62.6 Å². The summed E-state index contributed by atoms with van der Waals surface area (Å²) < 4.78 is 6.09. The zero-order chi connectivity index (χ0) is 14.7. The first-order valence-electron chi connectivity index (χ1n) is 6.12. The Hall–Kier alpha value is -1.32. The monoisotopic (exact) mass is 352 g/mol. The highest BCUT2D eigenvalue weighted by atomic mass is 79.9. The number of Topliss-reactive ketones (excluding diaryl/α,β-unsaturated/α-hetero) is 1. The maximum absolute atomic E-state index is 12.4. The van der Waals surface area contributed by atoms with Crippen LogP contribution in [0.2, 0.25) is 5.02 Å². The lowest BCUT2D eigenvalue weighted by Gasteiger charge is -2.09. The SMILES string of the molecule is COc1ccc(C)cc1CC(=O)c1cc(Cl)cc(Br)c1. The molecule has 0 aromatic heterocycles. The minimum absolute atomic E-state index is 0.0112. The summed E-state index contributed by atoms with van der Waals surface area (Å²) in [6.07, 6.45) is 0.289.